The van der Waals surface area contributed by atoms with E-state index in [1.54, 1.807) is 25.0 Å². The molecular formula is C15H18N8. The molecule has 4 rings (SSSR count). The van der Waals surface area contributed by atoms with E-state index in [-0.39, 0.29) is 0 Å². The molecule has 0 aliphatic carbocycles. The summed E-state index contributed by atoms with van der Waals surface area (Å²) in [6, 6.07) is 2.43. The topological polar surface area (TPSA) is 77.5 Å². The molecule has 3 aromatic heterocycles. The lowest BCUT2D eigenvalue weighted by atomic mass is 10.1. The van der Waals surface area contributed by atoms with Gasteiger partial charge in [-0.15, -0.1) is 5.10 Å². The van der Waals surface area contributed by atoms with Crippen molar-refractivity contribution in [3.63, 3.8) is 0 Å². The van der Waals surface area contributed by atoms with Gasteiger partial charge in [-0.1, -0.05) is 5.21 Å². The summed E-state index contributed by atoms with van der Waals surface area (Å²) in [5, 5.41) is 8.05. The first-order valence-corrected chi connectivity index (χ1v) is 7.81. The van der Waals surface area contributed by atoms with Crippen LogP contribution in [0.1, 0.15) is 25.3 Å². The van der Waals surface area contributed by atoms with E-state index >= 15 is 0 Å². The highest BCUT2D eigenvalue weighted by Crippen LogP contribution is 2.24. The van der Waals surface area contributed by atoms with Crippen LogP contribution in [0.25, 0.3) is 5.82 Å². The predicted octanol–water partition coefficient (Wildman–Crippen LogP) is 1.49. The molecule has 0 bridgehead atoms. The molecule has 0 spiro atoms. The first kappa shape index (κ1) is 13.9. The quantitative estimate of drug-likeness (QED) is 0.729. The fraction of sp³-hybridized carbons (Fsp3) is 0.400. The normalized spacial score (nSPS) is 18.8. The lowest BCUT2D eigenvalue weighted by Crippen LogP contribution is -2.25. The maximum atomic E-state index is 4.45. The van der Waals surface area contributed by atoms with Gasteiger partial charge in [-0.3, -0.25) is 4.57 Å². The second-order valence-electron chi connectivity index (χ2n) is 5.66. The number of nitrogens with zero attached hydrogens (tertiary/aromatic N) is 8. The smallest absolute Gasteiger partial charge is 0.143 e. The van der Waals surface area contributed by atoms with Gasteiger partial charge >= 0.3 is 0 Å². The van der Waals surface area contributed by atoms with Crippen molar-refractivity contribution in [2.75, 3.05) is 18.0 Å². The van der Waals surface area contributed by atoms with Crippen molar-refractivity contribution in [1.82, 2.24) is 34.5 Å². The standard InChI is InChI=1S/C15H18N8/c1-2-13(23-9-5-19-20-23)3-7-21(6-1)14-10-15(18-11-17-14)22-8-4-16-12-22/h4-5,8-13H,1-3,6-7H2. The van der Waals surface area contributed by atoms with Crippen molar-refractivity contribution in [3.8, 4) is 5.82 Å². The summed E-state index contributed by atoms with van der Waals surface area (Å²) in [4.78, 5) is 15.2. The van der Waals surface area contributed by atoms with Gasteiger partial charge in [0.1, 0.15) is 24.3 Å². The molecule has 1 unspecified atom stereocenters. The summed E-state index contributed by atoms with van der Waals surface area (Å²) in [6.45, 7) is 1.94. The van der Waals surface area contributed by atoms with Crippen molar-refractivity contribution >= 4 is 5.82 Å². The summed E-state index contributed by atoms with van der Waals surface area (Å²) in [7, 11) is 0. The van der Waals surface area contributed by atoms with Crippen LogP contribution < -0.4 is 4.90 Å². The lowest BCUT2D eigenvalue weighted by molar-refractivity contribution is 0.406. The molecule has 4 heterocycles. The highest BCUT2D eigenvalue weighted by molar-refractivity contribution is 5.43. The molecule has 8 nitrogen and oxygen atoms in total. The van der Waals surface area contributed by atoms with Crippen molar-refractivity contribution < 1.29 is 0 Å². The summed E-state index contributed by atoms with van der Waals surface area (Å²) >= 11 is 0. The molecule has 8 heteroatoms. The van der Waals surface area contributed by atoms with Crippen LogP contribution in [0.3, 0.4) is 0 Å². The number of hydrogen-bond donors (Lipinski definition) is 0. The second kappa shape index (κ2) is 6.15. The first-order valence-electron chi connectivity index (χ1n) is 7.81. The Bertz CT molecular complexity index is 737. The van der Waals surface area contributed by atoms with Crippen LogP contribution in [0.15, 0.2) is 43.5 Å². The zero-order valence-corrected chi connectivity index (χ0v) is 12.7. The zero-order chi connectivity index (χ0) is 15.5. The molecule has 0 saturated carbocycles. The van der Waals surface area contributed by atoms with Gasteiger partial charge in [0.05, 0.1) is 12.2 Å². The first-order chi connectivity index (χ1) is 11.4. The molecule has 0 amide bonds. The molecule has 3 aromatic rings. The van der Waals surface area contributed by atoms with Crippen molar-refractivity contribution in [2.24, 2.45) is 0 Å². The molecule has 1 aliphatic rings. The number of hydrogen-bond acceptors (Lipinski definition) is 6. The maximum absolute atomic E-state index is 4.45. The molecule has 0 N–H and O–H groups in total. The van der Waals surface area contributed by atoms with E-state index in [2.05, 4.69) is 30.2 Å². The van der Waals surface area contributed by atoms with Crippen LogP contribution in [0.5, 0.6) is 0 Å². The SMILES string of the molecule is c1cn(-c2cc(N3CCCC(n4ccnn4)CC3)ncn2)cn1. The molecular weight excluding hydrogens is 292 g/mol. The molecule has 0 aromatic carbocycles. The van der Waals surface area contributed by atoms with Crippen LogP contribution in [0.2, 0.25) is 0 Å². The van der Waals surface area contributed by atoms with Gasteiger partial charge in [0.15, 0.2) is 0 Å². The Kier molecular flexibility index (Phi) is 3.71. The summed E-state index contributed by atoms with van der Waals surface area (Å²) in [5.74, 6) is 1.80. The monoisotopic (exact) mass is 310 g/mol. The average Bonchev–Trinajstić information content (AvgIpc) is 3.26. The summed E-state index contributed by atoms with van der Waals surface area (Å²) in [5.41, 5.74) is 0. The van der Waals surface area contributed by atoms with Gasteiger partial charge in [0.25, 0.3) is 0 Å². The predicted molar refractivity (Wildman–Crippen MR) is 84.3 cm³/mol. The van der Waals surface area contributed by atoms with E-state index in [0.29, 0.717) is 6.04 Å². The Hall–Kier alpha value is -2.77. The van der Waals surface area contributed by atoms with Crippen molar-refractivity contribution in [2.45, 2.75) is 25.3 Å². The fourth-order valence-corrected chi connectivity index (χ4v) is 3.03. The Morgan fingerprint density at radius 2 is 1.96 bits per heavy atom. The lowest BCUT2D eigenvalue weighted by Gasteiger charge is -2.22. The number of aromatic nitrogens is 7. The van der Waals surface area contributed by atoms with E-state index in [4.69, 9.17) is 0 Å². The zero-order valence-electron chi connectivity index (χ0n) is 12.7. The van der Waals surface area contributed by atoms with Crippen LogP contribution >= 0.6 is 0 Å². The van der Waals surface area contributed by atoms with Gasteiger partial charge in [-0.05, 0) is 19.3 Å². The molecule has 1 aliphatic heterocycles. The Morgan fingerprint density at radius 1 is 1.00 bits per heavy atom. The van der Waals surface area contributed by atoms with E-state index in [0.717, 1.165) is 44.0 Å². The molecule has 1 fully saturated rings. The Labute approximate surface area is 133 Å². The Morgan fingerprint density at radius 3 is 2.78 bits per heavy atom. The van der Waals surface area contributed by atoms with E-state index in [9.17, 15) is 0 Å². The Balaban J connectivity index is 1.51. The minimum absolute atomic E-state index is 0.414. The number of imidazole rings is 1. The molecule has 1 atom stereocenters. The highest BCUT2D eigenvalue weighted by Gasteiger charge is 2.20. The minimum atomic E-state index is 0.414. The van der Waals surface area contributed by atoms with Crippen LogP contribution in [-0.2, 0) is 0 Å². The third-order valence-electron chi connectivity index (χ3n) is 4.24. The third kappa shape index (κ3) is 2.92. The highest BCUT2D eigenvalue weighted by atomic mass is 15.4. The van der Waals surface area contributed by atoms with E-state index in [1.807, 2.05) is 27.7 Å². The average molecular weight is 310 g/mol. The van der Waals surface area contributed by atoms with E-state index < -0.39 is 0 Å². The van der Waals surface area contributed by atoms with E-state index in [1.165, 1.54) is 0 Å². The van der Waals surface area contributed by atoms with Gasteiger partial charge < -0.3 is 4.90 Å². The van der Waals surface area contributed by atoms with Crippen LogP contribution in [0, 0.1) is 0 Å². The number of anilines is 1. The summed E-state index contributed by atoms with van der Waals surface area (Å²) < 4.78 is 3.86. The minimum Gasteiger partial charge on any atom is -0.356 e. The van der Waals surface area contributed by atoms with Crippen LogP contribution in [-0.4, -0.2) is 47.6 Å². The molecule has 1 saturated heterocycles. The molecule has 0 radical (unpaired) electrons. The van der Waals surface area contributed by atoms with Gasteiger partial charge in [0.2, 0.25) is 0 Å². The van der Waals surface area contributed by atoms with Gasteiger partial charge in [0, 0.05) is 37.7 Å². The van der Waals surface area contributed by atoms with Gasteiger partial charge in [-0.25, -0.2) is 19.6 Å². The number of rotatable bonds is 3. The second-order valence-corrected chi connectivity index (χ2v) is 5.66. The third-order valence-corrected chi connectivity index (χ3v) is 4.24. The van der Waals surface area contributed by atoms with Crippen molar-refractivity contribution in [1.29, 1.82) is 0 Å². The van der Waals surface area contributed by atoms with Crippen LogP contribution in [0.4, 0.5) is 5.82 Å². The fourth-order valence-electron chi connectivity index (χ4n) is 3.03. The van der Waals surface area contributed by atoms with Crippen molar-refractivity contribution in [3.05, 3.63) is 43.5 Å². The van der Waals surface area contributed by atoms with Gasteiger partial charge in [-0.2, -0.15) is 0 Å². The molecule has 23 heavy (non-hydrogen) atoms. The largest absolute Gasteiger partial charge is 0.356 e. The maximum Gasteiger partial charge on any atom is 0.143 e. The molecule has 118 valence electrons. The summed E-state index contributed by atoms with van der Waals surface area (Å²) in [6.07, 6.45) is 13.9.